The summed E-state index contributed by atoms with van der Waals surface area (Å²) in [4.78, 5) is 11.2. The first-order valence-electron chi connectivity index (χ1n) is 6.45. The van der Waals surface area contributed by atoms with Gasteiger partial charge in [-0.3, -0.25) is 10.2 Å². The Labute approximate surface area is 107 Å². The van der Waals surface area contributed by atoms with E-state index in [1.54, 1.807) is 6.07 Å². The first-order valence-corrected chi connectivity index (χ1v) is 6.45. The van der Waals surface area contributed by atoms with Crippen molar-refractivity contribution in [2.24, 2.45) is 11.8 Å². The maximum absolute atomic E-state index is 11.2. The van der Waals surface area contributed by atoms with E-state index in [9.17, 15) is 4.79 Å². The highest BCUT2D eigenvalue weighted by molar-refractivity contribution is 5.93. The number of carbonyl (C=O) groups is 1. The van der Waals surface area contributed by atoms with Crippen molar-refractivity contribution in [2.75, 3.05) is 6.61 Å². The van der Waals surface area contributed by atoms with Gasteiger partial charge in [-0.1, -0.05) is 19.3 Å². The zero-order chi connectivity index (χ0) is 12.8. The molecule has 1 aliphatic carbocycles. The van der Waals surface area contributed by atoms with Crippen LogP contribution < -0.4 is 11.3 Å². The van der Waals surface area contributed by atoms with Crippen molar-refractivity contribution < 1.29 is 13.9 Å². The SMILES string of the molecule is NNC(=O)c1coc(COCC2CCCCC2)c1. The highest BCUT2D eigenvalue weighted by Gasteiger charge is 2.14. The number of nitrogen functional groups attached to an aromatic ring is 1. The molecular weight excluding hydrogens is 232 g/mol. The van der Waals surface area contributed by atoms with Crippen LogP contribution in [-0.4, -0.2) is 12.5 Å². The van der Waals surface area contributed by atoms with Gasteiger partial charge in [0.05, 0.1) is 5.56 Å². The molecule has 3 N–H and O–H groups in total. The van der Waals surface area contributed by atoms with E-state index in [-0.39, 0.29) is 5.91 Å². The first-order chi connectivity index (χ1) is 8.79. The molecule has 1 fully saturated rings. The van der Waals surface area contributed by atoms with E-state index in [0.29, 0.717) is 23.8 Å². The Balaban J connectivity index is 1.72. The molecule has 0 aromatic carbocycles. The molecule has 1 aromatic rings. The van der Waals surface area contributed by atoms with Crippen LogP contribution in [0.4, 0.5) is 0 Å². The van der Waals surface area contributed by atoms with E-state index in [2.05, 4.69) is 5.43 Å². The lowest BCUT2D eigenvalue weighted by molar-refractivity contribution is 0.0637. The molecular formula is C13H20N2O3. The smallest absolute Gasteiger partial charge is 0.268 e. The second-order valence-electron chi connectivity index (χ2n) is 4.79. The minimum atomic E-state index is -0.350. The van der Waals surface area contributed by atoms with E-state index in [1.807, 2.05) is 0 Å². The van der Waals surface area contributed by atoms with Gasteiger partial charge in [-0.05, 0) is 24.8 Å². The lowest BCUT2D eigenvalue weighted by atomic mass is 9.90. The van der Waals surface area contributed by atoms with Crippen molar-refractivity contribution in [3.8, 4) is 0 Å². The third-order valence-corrected chi connectivity index (χ3v) is 3.37. The Hall–Kier alpha value is -1.33. The summed E-state index contributed by atoms with van der Waals surface area (Å²) in [7, 11) is 0. The second kappa shape index (κ2) is 6.56. The van der Waals surface area contributed by atoms with Crippen LogP contribution in [0.15, 0.2) is 16.7 Å². The molecule has 1 saturated carbocycles. The van der Waals surface area contributed by atoms with Gasteiger partial charge in [0.1, 0.15) is 18.6 Å². The van der Waals surface area contributed by atoms with Gasteiger partial charge in [0.2, 0.25) is 0 Å². The number of amides is 1. The molecule has 5 nitrogen and oxygen atoms in total. The summed E-state index contributed by atoms with van der Waals surface area (Å²) >= 11 is 0. The zero-order valence-corrected chi connectivity index (χ0v) is 10.5. The summed E-state index contributed by atoms with van der Waals surface area (Å²) in [5, 5.41) is 0. The van der Waals surface area contributed by atoms with E-state index in [0.717, 1.165) is 6.61 Å². The van der Waals surface area contributed by atoms with Gasteiger partial charge in [-0.25, -0.2) is 5.84 Å². The Morgan fingerprint density at radius 3 is 2.94 bits per heavy atom. The predicted molar refractivity (Wildman–Crippen MR) is 66.6 cm³/mol. The molecule has 0 saturated heterocycles. The fourth-order valence-corrected chi connectivity index (χ4v) is 2.34. The minimum Gasteiger partial charge on any atom is -0.466 e. The molecule has 5 heteroatoms. The molecule has 0 spiro atoms. The number of nitrogens with one attached hydrogen (secondary N) is 1. The molecule has 1 aliphatic rings. The fraction of sp³-hybridized carbons (Fsp3) is 0.615. The van der Waals surface area contributed by atoms with Crippen molar-refractivity contribution in [3.05, 3.63) is 23.7 Å². The van der Waals surface area contributed by atoms with Crippen molar-refractivity contribution in [2.45, 2.75) is 38.7 Å². The van der Waals surface area contributed by atoms with Crippen LogP contribution in [0.3, 0.4) is 0 Å². The van der Waals surface area contributed by atoms with Crippen molar-refractivity contribution in [1.29, 1.82) is 0 Å². The quantitative estimate of drug-likeness (QED) is 0.477. The summed E-state index contributed by atoms with van der Waals surface area (Å²) in [5.74, 6) is 6.03. The maximum Gasteiger partial charge on any atom is 0.268 e. The van der Waals surface area contributed by atoms with E-state index in [4.69, 9.17) is 15.0 Å². The molecule has 1 heterocycles. The fourth-order valence-electron chi connectivity index (χ4n) is 2.34. The third kappa shape index (κ3) is 3.58. The van der Waals surface area contributed by atoms with Crippen LogP contribution in [0.1, 0.15) is 48.2 Å². The number of carbonyl (C=O) groups excluding carboxylic acids is 1. The zero-order valence-electron chi connectivity index (χ0n) is 10.5. The molecule has 1 amide bonds. The normalized spacial score (nSPS) is 16.7. The minimum absolute atomic E-state index is 0.350. The van der Waals surface area contributed by atoms with Crippen molar-refractivity contribution in [1.82, 2.24) is 5.43 Å². The summed E-state index contributed by atoms with van der Waals surface area (Å²) in [5.41, 5.74) is 2.49. The monoisotopic (exact) mass is 252 g/mol. The molecule has 1 aromatic heterocycles. The Kier molecular flexibility index (Phi) is 4.78. The van der Waals surface area contributed by atoms with Gasteiger partial charge in [-0.2, -0.15) is 0 Å². The molecule has 18 heavy (non-hydrogen) atoms. The van der Waals surface area contributed by atoms with Crippen LogP contribution in [-0.2, 0) is 11.3 Å². The van der Waals surface area contributed by atoms with Crippen LogP contribution in [0.25, 0.3) is 0 Å². The molecule has 0 atom stereocenters. The number of ether oxygens (including phenoxy) is 1. The maximum atomic E-state index is 11.2. The van der Waals surface area contributed by atoms with Crippen LogP contribution >= 0.6 is 0 Å². The van der Waals surface area contributed by atoms with Gasteiger partial charge in [0.15, 0.2) is 0 Å². The van der Waals surface area contributed by atoms with E-state index in [1.165, 1.54) is 38.4 Å². The summed E-state index contributed by atoms with van der Waals surface area (Å²) < 4.78 is 10.9. The van der Waals surface area contributed by atoms with Crippen LogP contribution in [0.2, 0.25) is 0 Å². The van der Waals surface area contributed by atoms with Gasteiger partial charge in [-0.15, -0.1) is 0 Å². The Morgan fingerprint density at radius 1 is 1.44 bits per heavy atom. The van der Waals surface area contributed by atoms with Gasteiger partial charge in [0, 0.05) is 6.61 Å². The van der Waals surface area contributed by atoms with Crippen LogP contribution in [0, 0.1) is 5.92 Å². The predicted octanol–water partition coefficient (Wildman–Crippen LogP) is 1.98. The Bertz CT molecular complexity index is 383. The van der Waals surface area contributed by atoms with Gasteiger partial charge in [0.25, 0.3) is 5.91 Å². The highest BCUT2D eigenvalue weighted by Crippen LogP contribution is 2.24. The van der Waals surface area contributed by atoms with Gasteiger partial charge >= 0.3 is 0 Å². The lowest BCUT2D eigenvalue weighted by Gasteiger charge is -2.20. The van der Waals surface area contributed by atoms with E-state index >= 15 is 0 Å². The van der Waals surface area contributed by atoms with Crippen molar-refractivity contribution in [3.63, 3.8) is 0 Å². The number of rotatable bonds is 5. The lowest BCUT2D eigenvalue weighted by Crippen LogP contribution is -2.29. The number of hydrogen-bond donors (Lipinski definition) is 2. The molecule has 0 unspecified atom stereocenters. The second-order valence-corrected chi connectivity index (χ2v) is 4.79. The summed E-state index contributed by atoms with van der Waals surface area (Å²) in [6.07, 6.45) is 7.90. The molecule has 0 radical (unpaired) electrons. The number of hydrogen-bond acceptors (Lipinski definition) is 4. The summed E-state index contributed by atoms with van der Waals surface area (Å²) in [6, 6.07) is 1.66. The molecule has 0 bridgehead atoms. The third-order valence-electron chi connectivity index (χ3n) is 3.37. The highest BCUT2D eigenvalue weighted by atomic mass is 16.5. The number of nitrogens with two attached hydrogens (primary N) is 1. The average Bonchev–Trinajstić information content (AvgIpc) is 2.88. The number of hydrazine groups is 1. The Morgan fingerprint density at radius 2 is 2.22 bits per heavy atom. The standard InChI is InChI=1S/C13H20N2O3/c14-15-13(16)11-6-12(18-8-11)9-17-7-10-4-2-1-3-5-10/h6,8,10H,1-5,7,9,14H2,(H,15,16). The van der Waals surface area contributed by atoms with Crippen LogP contribution in [0.5, 0.6) is 0 Å². The average molecular weight is 252 g/mol. The topological polar surface area (TPSA) is 77.5 Å². The molecule has 0 aliphatic heterocycles. The summed E-state index contributed by atoms with van der Waals surface area (Å²) in [6.45, 7) is 1.19. The molecule has 100 valence electrons. The largest absolute Gasteiger partial charge is 0.466 e. The first kappa shape index (κ1) is 13.1. The molecule has 2 rings (SSSR count). The number of furan rings is 1. The van der Waals surface area contributed by atoms with Gasteiger partial charge < -0.3 is 9.15 Å². The van der Waals surface area contributed by atoms with Crippen molar-refractivity contribution >= 4 is 5.91 Å². The van der Waals surface area contributed by atoms with E-state index < -0.39 is 0 Å².